The lowest BCUT2D eigenvalue weighted by atomic mass is 10.1. The van der Waals surface area contributed by atoms with Crippen LogP contribution < -0.4 is 4.90 Å². The molecule has 0 aromatic carbocycles. The Morgan fingerprint density at radius 2 is 2.00 bits per heavy atom. The van der Waals surface area contributed by atoms with E-state index in [2.05, 4.69) is 39.0 Å². The molecule has 6 nitrogen and oxygen atoms in total. The number of aromatic nitrogens is 4. The maximum absolute atomic E-state index is 9.17. The SMILES string of the molecule is CCc1cc(-c2cc(C#N)ccn2)n2ncnc(N3CCCCC3)c12. The van der Waals surface area contributed by atoms with Gasteiger partial charge in [-0.3, -0.25) is 4.98 Å². The van der Waals surface area contributed by atoms with Crippen LogP contribution in [-0.2, 0) is 6.42 Å². The minimum absolute atomic E-state index is 0.600. The molecule has 3 aromatic rings. The van der Waals surface area contributed by atoms with Gasteiger partial charge in [-0.1, -0.05) is 6.92 Å². The lowest BCUT2D eigenvalue weighted by Gasteiger charge is -2.28. The number of aryl methyl sites for hydroxylation is 1. The van der Waals surface area contributed by atoms with Crippen molar-refractivity contribution in [2.45, 2.75) is 32.6 Å². The average Bonchev–Trinajstić information content (AvgIpc) is 3.07. The quantitative estimate of drug-likeness (QED) is 0.736. The Balaban J connectivity index is 1.91. The van der Waals surface area contributed by atoms with Crippen LogP contribution in [0.2, 0.25) is 0 Å². The lowest BCUT2D eigenvalue weighted by Crippen LogP contribution is -2.30. The Hall–Kier alpha value is -2.94. The normalized spacial score (nSPS) is 14.6. The summed E-state index contributed by atoms with van der Waals surface area (Å²) in [5, 5.41) is 13.7. The summed E-state index contributed by atoms with van der Waals surface area (Å²) in [6, 6.07) is 7.83. The van der Waals surface area contributed by atoms with E-state index in [0.717, 1.165) is 42.2 Å². The Bertz CT molecular complexity index is 946. The summed E-state index contributed by atoms with van der Waals surface area (Å²) in [4.78, 5) is 11.4. The van der Waals surface area contributed by atoms with Gasteiger partial charge in [-0.2, -0.15) is 10.4 Å². The minimum atomic E-state index is 0.600. The highest BCUT2D eigenvalue weighted by Crippen LogP contribution is 2.31. The predicted octanol–water partition coefficient (Wildman–Crippen LogP) is 3.22. The largest absolute Gasteiger partial charge is 0.355 e. The average molecular weight is 332 g/mol. The number of nitrogens with zero attached hydrogens (tertiary/aromatic N) is 6. The van der Waals surface area contributed by atoms with Gasteiger partial charge in [0.05, 0.1) is 23.0 Å². The predicted molar refractivity (Wildman–Crippen MR) is 96.4 cm³/mol. The first-order valence-electron chi connectivity index (χ1n) is 8.79. The number of hydrogen-bond donors (Lipinski definition) is 0. The first-order chi connectivity index (χ1) is 12.3. The Morgan fingerprint density at radius 3 is 2.76 bits per heavy atom. The van der Waals surface area contributed by atoms with Crippen molar-refractivity contribution in [2.24, 2.45) is 0 Å². The molecule has 6 heteroatoms. The smallest absolute Gasteiger partial charge is 0.156 e. The van der Waals surface area contributed by atoms with Crippen molar-refractivity contribution in [3.05, 3.63) is 41.9 Å². The standard InChI is InChI=1S/C19H20N6/c1-2-15-11-17(16-10-14(12-20)6-7-21-16)25-18(15)19(22-13-23-25)24-8-4-3-5-9-24/h6-7,10-11,13H,2-5,8-9H2,1H3. The van der Waals surface area contributed by atoms with Gasteiger partial charge in [0.1, 0.15) is 11.8 Å². The molecule has 1 saturated heterocycles. The molecule has 0 amide bonds. The fourth-order valence-corrected chi connectivity index (χ4v) is 3.53. The van der Waals surface area contributed by atoms with Gasteiger partial charge < -0.3 is 4.90 Å². The summed E-state index contributed by atoms with van der Waals surface area (Å²) in [5.74, 6) is 1.01. The van der Waals surface area contributed by atoms with E-state index in [4.69, 9.17) is 0 Å². The highest BCUT2D eigenvalue weighted by Gasteiger charge is 2.21. The molecule has 0 radical (unpaired) electrons. The zero-order chi connectivity index (χ0) is 17.2. The monoisotopic (exact) mass is 332 g/mol. The van der Waals surface area contributed by atoms with Crippen LogP contribution in [0, 0.1) is 11.3 Å². The molecular formula is C19H20N6. The van der Waals surface area contributed by atoms with Crippen LogP contribution in [0.3, 0.4) is 0 Å². The maximum Gasteiger partial charge on any atom is 0.156 e. The van der Waals surface area contributed by atoms with Gasteiger partial charge in [0.15, 0.2) is 5.82 Å². The number of fused-ring (bicyclic) bond motifs is 1. The van der Waals surface area contributed by atoms with Crippen LogP contribution in [0.5, 0.6) is 0 Å². The van der Waals surface area contributed by atoms with Crippen molar-refractivity contribution in [2.75, 3.05) is 18.0 Å². The van der Waals surface area contributed by atoms with Crippen LogP contribution >= 0.6 is 0 Å². The van der Waals surface area contributed by atoms with Crippen molar-refractivity contribution in [3.8, 4) is 17.5 Å². The third kappa shape index (κ3) is 2.72. The summed E-state index contributed by atoms with van der Waals surface area (Å²) < 4.78 is 1.93. The molecular weight excluding hydrogens is 312 g/mol. The molecule has 0 N–H and O–H groups in total. The zero-order valence-electron chi connectivity index (χ0n) is 14.3. The van der Waals surface area contributed by atoms with Gasteiger partial charge in [-0.05, 0) is 49.4 Å². The van der Waals surface area contributed by atoms with E-state index in [9.17, 15) is 5.26 Å². The van der Waals surface area contributed by atoms with E-state index in [1.54, 1.807) is 18.6 Å². The molecule has 25 heavy (non-hydrogen) atoms. The number of nitriles is 1. The van der Waals surface area contributed by atoms with Crippen molar-refractivity contribution in [3.63, 3.8) is 0 Å². The van der Waals surface area contributed by atoms with E-state index in [-0.39, 0.29) is 0 Å². The number of piperidine rings is 1. The summed E-state index contributed by atoms with van der Waals surface area (Å²) in [5.41, 5.74) is 4.54. The molecule has 1 fully saturated rings. The zero-order valence-corrected chi connectivity index (χ0v) is 14.3. The van der Waals surface area contributed by atoms with Crippen molar-refractivity contribution < 1.29 is 0 Å². The lowest BCUT2D eigenvalue weighted by molar-refractivity contribution is 0.573. The number of hydrogen-bond acceptors (Lipinski definition) is 5. The second-order valence-electron chi connectivity index (χ2n) is 6.34. The third-order valence-electron chi connectivity index (χ3n) is 4.80. The first-order valence-corrected chi connectivity index (χ1v) is 8.79. The van der Waals surface area contributed by atoms with E-state index >= 15 is 0 Å². The van der Waals surface area contributed by atoms with E-state index in [1.165, 1.54) is 24.8 Å². The summed E-state index contributed by atoms with van der Waals surface area (Å²) in [6.45, 7) is 4.22. The number of pyridine rings is 1. The maximum atomic E-state index is 9.17. The second kappa shape index (κ2) is 6.52. The summed E-state index contributed by atoms with van der Waals surface area (Å²) >= 11 is 0. The Morgan fingerprint density at radius 1 is 1.16 bits per heavy atom. The molecule has 3 aromatic heterocycles. The molecule has 126 valence electrons. The van der Waals surface area contributed by atoms with E-state index in [0.29, 0.717) is 5.56 Å². The topological polar surface area (TPSA) is 70.1 Å². The molecule has 1 aliphatic heterocycles. The van der Waals surface area contributed by atoms with Gasteiger partial charge in [0.25, 0.3) is 0 Å². The molecule has 0 spiro atoms. The fourth-order valence-electron chi connectivity index (χ4n) is 3.53. The molecule has 4 rings (SSSR count). The molecule has 1 aliphatic rings. The molecule has 0 atom stereocenters. The fraction of sp³-hybridized carbons (Fsp3) is 0.368. The third-order valence-corrected chi connectivity index (χ3v) is 4.80. The van der Waals surface area contributed by atoms with Crippen molar-refractivity contribution in [1.29, 1.82) is 5.26 Å². The van der Waals surface area contributed by atoms with E-state index < -0.39 is 0 Å². The van der Waals surface area contributed by atoms with Gasteiger partial charge in [0.2, 0.25) is 0 Å². The molecule has 0 aliphatic carbocycles. The number of rotatable bonds is 3. The summed E-state index contributed by atoms with van der Waals surface area (Å²) in [6.07, 6.45) is 7.89. The minimum Gasteiger partial charge on any atom is -0.355 e. The van der Waals surface area contributed by atoms with E-state index in [1.807, 2.05) is 10.6 Å². The Labute approximate surface area is 146 Å². The van der Waals surface area contributed by atoms with Crippen LogP contribution in [0.1, 0.15) is 37.3 Å². The van der Waals surface area contributed by atoms with Gasteiger partial charge in [-0.25, -0.2) is 9.50 Å². The Kier molecular flexibility index (Phi) is 4.06. The van der Waals surface area contributed by atoms with Gasteiger partial charge in [0, 0.05) is 19.3 Å². The first kappa shape index (κ1) is 15.6. The van der Waals surface area contributed by atoms with Crippen molar-refractivity contribution in [1.82, 2.24) is 19.6 Å². The highest BCUT2D eigenvalue weighted by molar-refractivity contribution is 5.79. The number of anilines is 1. The van der Waals surface area contributed by atoms with Crippen LogP contribution in [0.4, 0.5) is 5.82 Å². The molecule has 0 saturated carbocycles. The second-order valence-corrected chi connectivity index (χ2v) is 6.34. The highest BCUT2D eigenvalue weighted by atomic mass is 15.3. The summed E-state index contributed by atoms with van der Waals surface area (Å²) in [7, 11) is 0. The van der Waals surface area contributed by atoms with Crippen LogP contribution in [-0.4, -0.2) is 32.7 Å². The van der Waals surface area contributed by atoms with Crippen LogP contribution in [0.25, 0.3) is 16.9 Å². The molecule has 4 heterocycles. The van der Waals surface area contributed by atoms with Gasteiger partial charge in [-0.15, -0.1) is 0 Å². The van der Waals surface area contributed by atoms with Crippen molar-refractivity contribution >= 4 is 11.3 Å². The van der Waals surface area contributed by atoms with Gasteiger partial charge >= 0.3 is 0 Å². The molecule has 0 bridgehead atoms. The van der Waals surface area contributed by atoms with Crippen LogP contribution in [0.15, 0.2) is 30.7 Å². The molecule has 0 unspecified atom stereocenters.